The molecule has 0 amide bonds. The minimum Gasteiger partial charge on any atom is -0.506 e. The zero-order valence-corrected chi connectivity index (χ0v) is 11.0. The molecule has 0 saturated carbocycles. The maximum Gasteiger partial charge on any atom is 0.141 e. The minimum absolute atomic E-state index is 0. The summed E-state index contributed by atoms with van der Waals surface area (Å²) in [5.74, 6) is 1.27. The molecule has 92 valence electrons. The van der Waals surface area contributed by atoms with Crippen LogP contribution in [0.4, 0.5) is 5.69 Å². The van der Waals surface area contributed by atoms with Gasteiger partial charge in [-0.05, 0) is 11.6 Å². The number of nitrogens with one attached hydrogen (secondary N) is 1. The largest absolute Gasteiger partial charge is 0.506 e. The number of nitrogens with zero attached hydrogens (tertiary/aromatic N) is 1. The van der Waals surface area contributed by atoms with Crippen LogP contribution in [0.3, 0.4) is 0 Å². The maximum atomic E-state index is 9.91. The number of alkyl halides is 1. The molecular weight excluding hydrogens is 259 g/mol. The molecule has 0 bridgehead atoms. The molecule has 2 aromatic rings. The van der Waals surface area contributed by atoms with E-state index in [1.807, 2.05) is 25.4 Å². The Hall–Kier alpha value is -1.06. The molecule has 3 nitrogen and oxygen atoms in total. The Bertz CT molecular complexity index is 553. The van der Waals surface area contributed by atoms with E-state index in [1.165, 1.54) is 5.56 Å². The number of phenolic OH excluding ortho intramolecular Hbond substituents is 1. The Morgan fingerprint density at radius 3 is 3.06 bits per heavy atom. The number of benzene rings is 1. The van der Waals surface area contributed by atoms with Gasteiger partial charge in [-0.1, -0.05) is 0 Å². The second kappa shape index (κ2) is 4.31. The SMILES string of the molecule is CN1C[C@@H](CCl)c2c1cc(O)c1[nH]ccc21.Cl. The van der Waals surface area contributed by atoms with Gasteiger partial charge in [0.1, 0.15) is 5.75 Å². The van der Waals surface area contributed by atoms with Crippen LogP contribution in [-0.2, 0) is 0 Å². The number of hydrogen-bond acceptors (Lipinski definition) is 2. The van der Waals surface area contributed by atoms with Crippen LogP contribution in [-0.4, -0.2) is 29.6 Å². The molecule has 0 radical (unpaired) electrons. The average molecular weight is 273 g/mol. The highest BCUT2D eigenvalue weighted by Gasteiger charge is 2.29. The van der Waals surface area contributed by atoms with Crippen molar-refractivity contribution in [3.05, 3.63) is 23.9 Å². The molecule has 0 unspecified atom stereocenters. The highest BCUT2D eigenvalue weighted by molar-refractivity contribution is 6.18. The Labute approximate surface area is 111 Å². The van der Waals surface area contributed by atoms with Gasteiger partial charge in [-0.15, -0.1) is 24.0 Å². The van der Waals surface area contributed by atoms with Crippen molar-refractivity contribution in [2.45, 2.75) is 5.92 Å². The first-order valence-corrected chi connectivity index (χ1v) is 5.86. The Kier molecular flexibility index (Phi) is 3.15. The number of aromatic amines is 1. The van der Waals surface area contributed by atoms with E-state index >= 15 is 0 Å². The lowest BCUT2D eigenvalue weighted by molar-refractivity contribution is 0.480. The molecular formula is C12H14Cl2N2O. The standard InChI is InChI=1S/C12H13ClN2O.ClH/c1-15-6-7(5-13)11-8-2-3-14-12(8)10(16)4-9(11)15;/h2-4,7,14,16H,5-6H2,1H3;1H/t7-;/m1./s1. The number of aromatic hydroxyl groups is 1. The van der Waals surface area contributed by atoms with Gasteiger partial charge in [-0.3, -0.25) is 0 Å². The van der Waals surface area contributed by atoms with Crippen molar-refractivity contribution in [1.82, 2.24) is 4.98 Å². The van der Waals surface area contributed by atoms with Gasteiger partial charge in [-0.2, -0.15) is 0 Å². The summed E-state index contributed by atoms with van der Waals surface area (Å²) in [7, 11) is 2.03. The van der Waals surface area contributed by atoms with Crippen LogP contribution < -0.4 is 4.90 Å². The number of H-pyrrole nitrogens is 1. The first-order valence-electron chi connectivity index (χ1n) is 5.32. The van der Waals surface area contributed by atoms with Crippen LogP contribution in [0.2, 0.25) is 0 Å². The highest BCUT2D eigenvalue weighted by Crippen LogP contribution is 2.43. The zero-order chi connectivity index (χ0) is 11.3. The number of hydrogen-bond donors (Lipinski definition) is 2. The van der Waals surface area contributed by atoms with E-state index < -0.39 is 0 Å². The highest BCUT2D eigenvalue weighted by atomic mass is 35.5. The first-order chi connectivity index (χ1) is 7.72. The van der Waals surface area contributed by atoms with Gasteiger partial charge in [0.2, 0.25) is 0 Å². The predicted octanol–water partition coefficient (Wildman–Crippen LogP) is 3.07. The summed E-state index contributed by atoms with van der Waals surface area (Å²) in [6.07, 6.45) is 1.86. The predicted molar refractivity (Wildman–Crippen MR) is 73.9 cm³/mol. The molecule has 2 heterocycles. The number of phenols is 1. The zero-order valence-electron chi connectivity index (χ0n) is 9.40. The van der Waals surface area contributed by atoms with E-state index in [9.17, 15) is 5.11 Å². The Morgan fingerprint density at radius 1 is 1.59 bits per heavy atom. The second-order valence-electron chi connectivity index (χ2n) is 4.33. The molecule has 0 fully saturated rings. The third-order valence-corrected chi connectivity index (χ3v) is 3.72. The number of aromatic nitrogens is 1. The fraction of sp³-hybridized carbons (Fsp3) is 0.333. The number of fused-ring (bicyclic) bond motifs is 3. The topological polar surface area (TPSA) is 39.3 Å². The Morgan fingerprint density at radius 2 is 2.35 bits per heavy atom. The van der Waals surface area contributed by atoms with Crippen molar-refractivity contribution in [2.24, 2.45) is 0 Å². The van der Waals surface area contributed by atoms with Gasteiger partial charge < -0.3 is 15.0 Å². The summed E-state index contributed by atoms with van der Waals surface area (Å²) < 4.78 is 0. The van der Waals surface area contributed by atoms with E-state index in [2.05, 4.69) is 9.88 Å². The molecule has 1 aromatic heterocycles. The lowest BCUT2D eigenvalue weighted by Gasteiger charge is -2.12. The van der Waals surface area contributed by atoms with Gasteiger partial charge in [0, 0.05) is 48.7 Å². The van der Waals surface area contributed by atoms with Gasteiger partial charge in [0.15, 0.2) is 0 Å². The summed E-state index contributed by atoms with van der Waals surface area (Å²) in [6, 6.07) is 3.83. The van der Waals surface area contributed by atoms with Crippen molar-refractivity contribution in [1.29, 1.82) is 0 Å². The molecule has 0 spiro atoms. The van der Waals surface area contributed by atoms with Crippen molar-refractivity contribution >= 4 is 40.6 Å². The lowest BCUT2D eigenvalue weighted by Crippen LogP contribution is -2.15. The molecule has 2 N–H and O–H groups in total. The molecule has 1 aliphatic rings. The third-order valence-electron chi connectivity index (χ3n) is 3.34. The quantitative estimate of drug-likeness (QED) is 0.784. The Balaban J connectivity index is 0.00000108. The van der Waals surface area contributed by atoms with Gasteiger partial charge in [0.05, 0.1) is 5.52 Å². The average Bonchev–Trinajstić information content (AvgIpc) is 2.84. The van der Waals surface area contributed by atoms with Crippen LogP contribution >= 0.6 is 24.0 Å². The molecule has 0 aliphatic carbocycles. The van der Waals surface area contributed by atoms with Crippen LogP contribution in [0, 0.1) is 0 Å². The van der Waals surface area contributed by atoms with Gasteiger partial charge in [-0.25, -0.2) is 0 Å². The summed E-state index contributed by atoms with van der Waals surface area (Å²) in [5.41, 5.74) is 3.16. The van der Waals surface area contributed by atoms with E-state index in [0.717, 1.165) is 23.1 Å². The van der Waals surface area contributed by atoms with Crippen LogP contribution in [0.5, 0.6) is 5.75 Å². The molecule has 3 rings (SSSR count). The van der Waals surface area contributed by atoms with E-state index in [1.54, 1.807) is 0 Å². The number of likely N-dealkylation sites (N-methyl/N-ethyl adjacent to an activating group) is 1. The smallest absolute Gasteiger partial charge is 0.141 e. The van der Waals surface area contributed by atoms with E-state index in [0.29, 0.717) is 17.5 Å². The molecule has 1 atom stereocenters. The normalized spacial score (nSPS) is 18.2. The van der Waals surface area contributed by atoms with Crippen LogP contribution in [0.25, 0.3) is 10.9 Å². The number of rotatable bonds is 1. The van der Waals surface area contributed by atoms with E-state index in [-0.39, 0.29) is 12.4 Å². The number of halogens is 2. The summed E-state index contributed by atoms with van der Waals surface area (Å²) >= 11 is 6.01. The molecule has 0 saturated heterocycles. The van der Waals surface area contributed by atoms with Gasteiger partial charge in [0.25, 0.3) is 0 Å². The first kappa shape index (κ1) is 12.4. The van der Waals surface area contributed by atoms with Gasteiger partial charge >= 0.3 is 0 Å². The third kappa shape index (κ3) is 1.65. The summed E-state index contributed by atoms with van der Waals surface area (Å²) in [5, 5.41) is 11.0. The van der Waals surface area contributed by atoms with Crippen molar-refractivity contribution < 1.29 is 5.11 Å². The second-order valence-corrected chi connectivity index (χ2v) is 4.64. The van der Waals surface area contributed by atoms with E-state index in [4.69, 9.17) is 11.6 Å². The van der Waals surface area contributed by atoms with Crippen LogP contribution in [0.15, 0.2) is 18.3 Å². The monoisotopic (exact) mass is 272 g/mol. The molecule has 17 heavy (non-hydrogen) atoms. The maximum absolute atomic E-state index is 9.91. The fourth-order valence-corrected chi connectivity index (χ4v) is 2.87. The lowest BCUT2D eigenvalue weighted by atomic mass is 9.99. The summed E-state index contributed by atoms with van der Waals surface area (Å²) in [6.45, 7) is 0.919. The molecule has 5 heteroatoms. The van der Waals surface area contributed by atoms with Crippen molar-refractivity contribution in [3.63, 3.8) is 0 Å². The molecule has 1 aliphatic heterocycles. The molecule has 1 aromatic carbocycles. The summed E-state index contributed by atoms with van der Waals surface area (Å²) in [4.78, 5) is 5.21. The minimum atomic E-state index is 0. The van der Waals surface area contributed by atoms with Crippen LogP contribution in [0.1, 0.15) is 11.5 Å². The van der Waals surface area contributed by atoms with Crippen molar-refractivity contribution in [2.75, 3.05) is 24.4 Å². The fourth-order valence-electron chi connectivity index (χ4n) is 2.61. The van der Waals surface area contributed by atoms with Crippen molar-refractivity contribution in [3.8, 4) is 5.75 Å². The number of anilines is 1.